The van der Waals surface area contributed by atoms with Gasteiger partial charge in [0, 0.05) is 49.7 Å². The molecule has 3 aliphatic heterocycles. The average Bonchev–Trinajstić information content (AvgIpc) is 3.70. The third-order valence-corrected chi connectivity index (χ3v) is 8.08. The van der Waals surface area contributed by atoms with Gasteiger partial charge in [0.1, 0.15) is 11.3 Å². The van der Waals surface area contributed by atoms with Gasteiger partial charge in [-0.05, 0) is 68.6 Å². The molecule has 0 aliphatic carbocycles. The van der Waals surface area contributed by atoms with Crippen LogP contribution in [-0.2, 0) is 6.54 Å². The number of hydrogen-bond acceptors (Lipinski definition) is 7. The van der Waals surface area contributed by atoms with Gasteiger partial charge in [0.05, 0.1) is 29.3 Å². The lowest BCUT2D eigenvalue weighted by atomic mass is 9.82. The van der Waals surface area contributed by atoms with Crippen LogP contribution in [0.25, 0.3) is 16.7 Å². The quantitative estimate of drug-likeness (QED) is 0.346. The molecule has 0 saturated carbocycles. The minimum atomic E-state index is 0.116. The van der Waals surface area contributed by atoms with Crippen molar-refractivity contribution in [3.8, 4) is 5.69 Å². The normalized spacial score (nSPS) is 26.6. The van der Waals surface area contributed by atoms with Crippen molar-refractivity contribution >= 4 is 11.0 Å². The van der Waals surface area contributed by atoms with Crippen molar-refractivity contribution in [3.05, 3.63) is 71.8 Å². The summed E-state index contributed by atoms with van der Waals surface area (Å²) in [7, 11) is 0. The number of nitrogens with one attached hydrogen (secondary N) is 4. The Kier molecular flexibility index (Phi) is 5.58. The van der Waals surface area contributed by atoms with Gasteiger partial charge >= 0.3 is 0 Å². The van der Waals surface area contributed by atoms with Gasteiger partial charge < -0.3 is 14.9 Å². The number of imidazole rings is 2. The molecular weight excluding hydrogens is 450 g/mol. The van der Waals surface area contributed by atoms with Crippen molar-refractivity contribution in [2.24, 2.45) is 5.92 Å². The fourth-order valence-corrected chi connectivity index (χ4v) is 6.22. The predicted octanol–water partition coefficient (Wildman–Crippen LogP) is 2.92. The van der Waals surface area contributed by atoms with E-state index in [1.54, 1.807) is 0 Å². The van der Waals surface area contributed by atoms with Crippen molar-refractivity contribution in [2.45, 2.75) is 50.9 Å². The Morgan fingerprint density at radius 2 is 2.03 bits per heavy atom. The zero-order valence-corrected chi connectivity index (χ0v) is 20.6. The number of hydrogen-bond donors (Lipinski definition) is 4. The minimum Gasteiger partial charge on any atom is -0.341 e. The Morgan fingerprint density at radius 1 is 1.11 bits per heavy atom. The Balaban J connectivity index is 1.14. The first-order valence-electron chi connectivity index (χ1n) is 13.1. The van der Waals surface area contributed by atoms with Crippen LogP contribution in [0.3, 0.4) is 0 Å². The number of hydrazine groups is 1. The highest BCUT2D eigenvalue weighted by atomic mass is 15.4. The second-order valence-corrected chi connectivity index (χ2v) is 10.6. The van der Waals surface area contributed by atoms with Crippen molar-refractivity contribution in [2.75, 3.05) is 19.6 Å². The van der Waals surface area contributed by atoms with Crippen molar-refractivity contribution in [1.29, 1.82) is 0 Å². The van der Waals surface area contributed by atoms with Gasteiger partial charge in [-0.25, -0.2) is 15.4 Å². The number of aryl methyl sites for hydroxylation is 1. The molecule has 4 aromatic rings. The molecule has 4 N–H and O–H groups in total. The fraction of sp³-hybridized carbons (Fsp3) is 0.444. The van der Waals surface area contributed by atoms with Gasteiger partial charge in [0.15, 0.2) is 0 Å². The molecule has 0 radical (unpaired) electrons. The Labute approximate surface area is 210 Å². The van der Waals surface area contributed by atoms with Crippen LogP contribution in [0.15, 0.2) is 49.2 Å². The predicted molar refractivity (Wildman–Crippen MR) is 138 cm³/mol. The molecule has 7 rings (SSSR count). The van der Waals surface area contributed by atoms with Crippen LogP contribution in [0.1, 0.15) is 54.0 Å². The van der Waals surface area contributed by atoms with E-state index in [9.17, 15) is 0 Å². The molecule has 4 unspecified atom stereocenters. The maximum absolute atomic E-state index is 5.10. The second kappa shape index (κ2) is 9.08. The Hall–Kier alpha value is -3.11. The number of pyridine rings is 1. The van der Waals surface area contributed by atoms with E-state index >= 15 is 0 Å². The molecule has 186 valence electrons. The largest absolute Gasteiger partial charge is 0.341 e. The van der Waals surface area contributed by atoms with Crippen LogP contribution in [0.5, 0.6) is 0 Å². The van der Waals surface area contributed by atoms with E-state index in [1.165, 1.54) is 37.1 Å². The Bertz CT molecular complexity index is 1370. The molecule has 0 bridgehead atoms. The molecule has 1 aromatic carbocycles. The molecular formula is C27H33N9. The summed E-state index contributed by atoms with van der Waals surface area (Å²) >= 11 is 0. The first kappa shape index (κ1) is 22.1. The van der Waals surface area contributed by atoms with E-state index in [-0.39, 0.29) is 12.1 Å². The number of likely N-dealkylation sites (tertiary alicyclic amines) is 1. The number of benzene rings is 1. The molecule has 6 heterocycles. The summed E-state index contributed by atoms with van der Waals surface area (Å²) in [6, 6.07) is 9.38. The van der Waals surface area contributed by atoms with Gasteiger partial charge in [0.2, 0.25) is 0 Å². The molecule has 3 aliphatic rings. The minimum absolute atomic E-state index is 0.116. The lowest BCUT2D eigenvalue weighted by molar-refractivity contribution is 0.263. The summed E-state index contributed by atoms with van der Waals surface area (Å²) in [6.45, 7) is 6.33. The SMILES string of the molecule is Cc1cn(-c2cccc3[nH]c(C4NNC5CNC(c6cncc(CN7CCCC7)c6)CC54)nc23)cn1. The second-order valence-electron chi connectivity index (χ2n) is 10.6. The zero-order valence-electron chi connectivity index (χ0n) is 20.6. The summed E-state index contributed by atoms with van der Waals surface area (Å²) in [6.07, 6.45) is 11.6. The summed E-state index contributed by atoms with van der Waals surface area (Å²) in [5, 5.41) is 3.76. The van der Waals surface area contributed by atoms with Gasteiger partial charge in [-0.1, -0.05) is 6.07 Å². The number of para-hydroxylation sites is 1. The number of H-pyrrole nitrogens is 1. The van der Waals surface area contributed by atoms with Gasteiger partial charge in [-0.15, -0.1) is 0 Å². The number of piperidine rings is 1. The van der Waals surface area contributed by atoms with Crippen molar-refractivity contribution in [1.82, 2.24) is 45.6 Å². The fourth-order valence-electron chi connectivity index (χ4n) is 6.22. The molecule has 3 saturated heterocycles. The number of rotatable bonds is 5. The number of aromatic amines is 1. The molecule has 36 heavy (non-hydrogen) atoms. The molecule has 9 heteroatoms. The molecule has 0 spiro atoms. The van der Waals surface area contributed by atoms with Crippen LogP contribution in [-0.4, -0.2) is 55.1 Å². The third kappa shape index (κ3) is 4.02. The molecule has 4 atom stereocenters. The van der Waals surface area contributed by atoms with Crippen LogP contribution in [0.2, 0.25) is 0 Å². The number of fused-ring (bicyclic) bond motifs is 2. The van der Waals surface area contributed by atoms with E-state index in [4.69, 9.17) is 4.98 Å². The van der Waals surface area contributed by atoms with Crippen molar-refractivity contribution in [3.63, 3.8) is 0 Å². The van der Waals surface area contributed by atoms with E-state index in [0.29, 0.717) is 12.0 Å². The lowest BCUT2D eigenvalue weighted by Crippen LogP contribution is -2.46. The monoisotopic (exact) mass is 483 g/mol. The van der Waals surface area contributed by atoms with E-state index in [1.807, 2.05) is 36.4 Å². The van der Waals surface area contributed by atoms with Gasteiger partial charge in [-0.2, -0.15) is 0 Å². The van der Waals surface area contributed by atoms with E-state index < -0.39 is 0 Å². The maximum atomic E-state index is 5.10. The van der Waals surface area contributed by atoms with Crippen LogP contribution in [0, 0.1) is 12.8 Å². The molecule has 0 amide bonds. The van der Waals surface area contributed by atoms with Crippen LogP contribution >= 0.6 is 0 Å². The molecule has 3 fully saturated rings. The highest BCUT2D eigenvalue weighted by Gasteiger charge is 2.42. The van der Waals surface area contributed by atoms with Gasteiger partial charge in [-0.3, -0.25) is 15.3 Å². The Morgan fingerprint density at radius 3 is 2.89 bits per heavy atom. The van der Waals surface area contributed by atoms with E-state index in [2.05, 4.69) is 60.3 Å². The third-order valence-electron chi connectivity index (χ3n) is 8.08. The molecule has 3 aromatic heterocycles. The summed E-state index contributed by atoms with van der Waals surface area (Å²) in [5.74, 6) is 1.40. The van der Waals surface area contributed by atoms with E-state index in [0.717, 1.165) is 47.7 Å². The molecule has 9 nitrogen and oxygen atoms in total. The first-order valence-corrected chi connectivity index (χ1v) is 13.1. The first-order chi connectivity index (χ1) is 17.7. The maximum Gasteiger partial charge on any atom is 0.126 e. The zero-order chi connectivity index (χ0) is 24.1. The number of nitrogens with zero attached hydrogens (tertiary/aromatic N) is 5. The topological polar surface area (TPSA) is 98.7 Å². The highest BCUT2D eigenvalue weighted by Crippen LogP contribution is 2.38. The van der Waals surface area contributed by atoms with Crippen LogP contribution in [0.4, 0.5) is 0 Å². The van der Waals surface area contributed by atoms with Gasteiger partial charge in [0.25, 0.3) is 0 Å². The smallest absolute Gasteiger partial charge is 0.126 e. The summed E-state index contributed by atoms with van der Waals surface area (Å²) < 4.78 is 2.05. The summed E-state index contributed by atoms with van der Waals surface area (Å²) in [4.78, 5) is 20.2. The average molecular weight is 484 g/mol. The van der Waals surface area contributed by atoms with Crippen LogP contribution < -0.4 is 16.2 Å². The number of aromatic nitrogens is 5. The van der Waals surface area contributed by atoms with Crippen molar-refractivity contribution < 1.29 is 0 Å². The lowest BCUT2D eigenvalue weighted by Gasteiger charge is -2.34. The highest BCUT2D eigenvalue weighted by molar-refractivity contribution is 5.84. The summed E-state index contributed by atoms with van der Waals surface area (Å²) in [5.41, 5.74) is 13.7. The standard InChI is InChI=1S/C27H33N9/c1-17-14-36(16-30-17)24-6-4-5-21-26(24)32-27(31-21)25-20-10-22(29-13-23(20)33-34-25)19-9-18(11-28-12-19)15-35-7-2-3-8-35/h4-6,9,11-12,14,16,20,22-23,25,29,33-34H,2-3,7-8,10,13,15H2,1H3,(H,31,32).